The Morgan fingerprint density at radius 1 is 1.18 bits per heavy atom. The van der Waals surface area contributed by atoms with Gasteiger partial charge in [0.05, 0.1) is 5.69 Å². The zero-order chi connectivity index (χ0) is 12.6. The minimum absolute atomic E-state index is 0.293. The van der Waals surface area contributed by atoms with Crippen LogP contribution in [0.1, 0.15) is 17.5 Å². The molecule has 2 rings (SSSR count). The molecule has 1 saturated heterocycles. The van der Waals surface area contributed by atoms with Gasteiger partial charge in [-0.15, -0.1) is 0 Å². The first-order valence-electron chi connectivity index (χ1n) is 5.23. The van der Waals surface area contributed by atoms with E-state index in [1.54, 1.807) is 12.1 Å². The van der Waals surface area contributed by atoms with E-state index in [0.717, 1.165) is 16.0 Å². The van der Waals surface area contributed by atoms with E-state index in [4.69, 9.17) is 0 Å². The maximum atomic E-state index is 11.7. The predicted octanol–water partition coefficient (Wildman–Crippen LogP) is 1.28. The Bertz CT molecular complexity index is 502. The van der Waals surface area contributed by atoms with Gasteiger partial charge in [0, 0.05) is 0 Å². The molecule has 4 amide bonds. The third-order valence-electron chi connectivity index (χ3n) is 2.83. The first-order chi connectivity index (χ1) is 8.00. The number of nitrogens with zero attached hydrogens (tertiary/aromatic N) is 1. The summed E-state index contributed by atoms with van der Waals surface area (Å²) in [6.45, 7) is 3.73. The highest BCUT2D eigenvalue weighted by Crippen LogP contribution is 2.24. The summed E-state index contributed by atoms with van der Waals surface area (Å²) in [4.78, 5) is 35.4. The van der Waals surface area contributed by atoms with Crippen LogP contribution in [0.25, 0.3) is 0 Å². The number of anilines is 1. The molecule has 0 unspecified atom stereocenters. The van der Waals surface area contributed by atoms with Gasteiger partial charge in [-0.2, -0.15) is 0 Å². The van der Waals surface area contributed by atoms with Crippen molar-refractivity contribution in [3.8, 4) is 0 Å². The summed E-state index contributed by atoms with van der Waals surface area (Å²) in [5.41, 5.74) is 2.37. The van der Waals surface area contributed by atoms with E-state index in [1.807, 2.05) is 19.9 Å². The van der Waals surface area contributed by atoms with Gasteiger partial charge >= 0.3 is 6.03 Å². The van der Waals surface area contributed by atoms with Gasteiger partial charge in [-0.05, 0) is 31.0 Å². The van der Waals surface area contributed by atoms with Gasteiger partial charge < -0.3 is 0 Å². The van der Waals surface area contributed by atoms with Crippen molar-refractivity contribution < 1.29 is 14.4 Å². The number of benzene rings is 1. The number of nitrogens with one attached hydrogen (secondary N) is 1. The minimum Gasteiger partial charge on any atom is -0.277 e. The molecule has 5 heteroatoms. The monoisotopic (exact) mass is 232 g/mol. The third-order valence-corrected chi connectivity index (χ3v) is 2.83. The first-order valence-corrected chi connectivity index (χ1v) is 5.23. The fraction of sp³-hybridized carbons (Fsp3) is 0.250. The summed E-state index contributed by atoms with van der Waals surface area (Å²) >= 11 is 0. The number of barbiturate groups is 1. The summed E-state index contributed by atoms with van der Waals surface area (Å²) in [6, 6.07) is 4.68. The van der Waals surface area contributed by atoms with Crippen molar-refractivity contribution in [2.75, 3.05) is 4.90 Å². The molecule has 0 aliphatic carbocycles. The molecule has 17 heavy (non-hydrogen) atoms. The van der Waals surface area contributed by atoms with Crippen LogP contribution in [0.3, 0.4) is 0 Å². The molecule has 0 atom stereocenters. The van der Waals surface area contributed by atoms with Crippen LogP contribution in [0.5, 0.6) is 0 Å². The molecule has 0 spiro atoms. The average Bonchev–Trinajstić information content (AvgIpc) is 2.23. The summed E-state index contributed by atoms with van der Waals surface area (Å²) in [6.07, 6.45) is -0.293. The highest BCUT2D eigenvalue weighted by molar-refractivity contribution is 6.26. The molecule has 0 radical (unpaired) electrons. The molecular weight excluding hydrogens is 220 g/mol. The van der Waals surface area contributed by atoms with E-state index in [1.165, 1.54) is 0 Å². The highest BCUT2D eigenvalue weighted by atomic mass is 16.2. The van der Waals surface area contributed by atoms with E-state index in [-0.39, 0.29) is 6.42 Å². The van der Waals surface area contributed by atoms with Gasteiger partial charge in [-0.1, -0.05) is 12.1 Å². The van der Waals surface area contributed by atoms with Crippen LogP contribution in [0.2, 0.25) is 0 Å². The van der Waals surface area contributed by atoms with Crippen LogP contribution >= 0.6 is 0 Å². The van der Waals surface area contributed by atoms with E-state index < -0.39 is 17.8 Å². The fourth-order valence-corrected chi connectivity index (χ4v) is 1.77. The maximum Gasteiger partial charge on any atom is 0.335 e. The van der Waals surface area contributed by atoms with Crippen LogP contribution in [0, 0.1) is 13.8 Å². The Kier molecular flexibility index (Phi) is 2.67. The molecule has 0 saturated carbocycles. The molecule has 1 N–H and O–H groups in total. The number of urea groups is 1. The largest absolute Gasteiger partial charge is 0.335 e. The van der Waals surface area contributed by atoms with Gasteiger partial charge in [-0.3, -0.25) is 14.9 Å². The molecule has 1 aromatic rings. The van der Waals surface area contributed by atoms with Gasteiger partial charge in [-0.25, -0.2) is 9.69 Å². The number of hydrogen-bond acceptors (Lipinski definition) is 3. The molecule has 88 valence electrons. The topological polar surface area (TPSA) is 66.5 Å². The highest BCUT2D eigenvalue weighted by Gasteiger charge is 2.32. The molecule has 5 nitrogen and oxygen atoms in total. The van der Waals surface area contributed by atoms with Gasteiger partial charge in [0.1, 0.15) is 6.42 Å². The predicted molar refractivity (Wildman–Crippen MR) is 61.6 cm³/mol. The van der Waals surface area contributed by atoms with Crippen LogP contribution in [-0.4, -0.2) is 17.8 Å². The normalized spacial score (nSPS) is 16.1. The van der Waals surface area contributed by atoms with E-state index in [9.17, 15) is 14.4 Å². The maximum absolute atomic E-state index is 11.7. The summed E-state index contributed by atoms with van der Waals surface area (Å²) in [5, 5.41) is 2.13. The summed E-state index contributed by atoms with van der Waals surface area (Å²) < 4.78 is 0. The zero-order valence-corrected chi connectivity index (χ0v) is 9.61. The van der Waals surface area contributed by atoms with Crippen LogP contribution in [0.15, 0.2) is 18.2 Å². The van der Waals surface area contributed by atoms with Gasteiger partial charge in [0.15, 0.2) is 0 Å². The van der Waals surface area contributed by atoms with E-state index in [0.29, 0.717) is 5.69 Å². The molecule has 1 fully saturated rings. The third kappa shape index (κ3) is 1.91. The van der Waals surface area contributed by atoms with Crippen LogP contribution < -0.4 is 10.2 Å². The molecule has 1 aliphatic rings. The van der Waals surface area contributed by atoms with Gasteiger partial charge in [0.2, 0.25) is 11.8 Å². The zero-order valence-electron chi connectivity index (χ0n) is 9.61. The van der Waals surface area contributed by atoms with Crippen molar-refractivity contribution in [2.24, 2.45) is 0 Å². The smallest absolute Gasteiger partial charge is 0.277 e. The standard InChI is InChI=1S/C12H12N2O3/c1-7-4-3-5-9(8(7)2)14-11(16)6-10(15)13-12(14)17/h3-5H,6H2,1-2H3,(H,13,15,17). The van der Waals surface area contributed by atoms with Crippen molar-refractivity contribution in [1.29, 1.82) is 0 Å². The Hall–Kier alpha value is -2.17. The van der Waals surface area contributed by atoms with Crippen molar-refractivity contribution in [3.63, 3.8) is 0 Å². The SMILES string of the molecule is Cc1cccc(N2C(=O)CC(=O)NC2=O)c1C. The van der Waals surface area contributed by atoms with E-state index >= 15 is 0 Å². The average molecular weight is 232 g/mol. The Labute approximate surface area is 98.4 Å². The Balaban J connectivity index is 2.46. The molecule has 0 aromatic heterocycles. The quantitative estimate of drug-likeness (QED) is 0.741. The Morgan fingerprint density at radius 3 is 2.53 bits per heavy atom. The van der Waals surface area contributed by atoms with Crippen molar-refractivity contribution in [1.82, 2.24) is 5.32 Å². The lowest BCUT2D eigenvalue weighted by Gasteiger charge is -2.26. The van der Waals surface area contributed by atoms with E-state index in [2.05, 4.69) is 5.32 Å². The second-order valence-electron chi connectivity index (χ2n) is 3.98. The lowest BCUT2D eigenvalue weighted by molar-refractivity contribution is -0.128. The molecule has 1 aromatic carbocycles. The number of imide groups is 2. The Morgan fingerprint density at radius 2 is 1.88 bits per heavy atom. The molecule has 1 aliphatic heterocycles. The number of carbonyl (C=O) groups is 3. The second-order valence-corrected chi connectivity index (χ2v) is 3.98. The lowest BCUT2D eigenvalue weighted by atomic mass is 10.1. The van der Waals surface area contributed by atoms with Crippen molar-refractivity contribution >= 4 is 23.5 Å². The number of amides is 4. The van der Waals surface area contributed by atoms with Crippen molar-refractivity contribution in [3.05, 3.63) is 29.3 Å². The molecular formula is C12H12N2O3. The summed E-state index contributed by atoms with van der Waals surface area (Å²) in [5.74, 6) is -1.05. The number of aryl methyl sites for hydroxylation is 1. The number of carbonyl (C=O) groups excluding carboxylic acids is 3. The molecule has 1 heterocycles. The number of hydrogen-bond donors (Lipinski definition) is 1. The molecule has 0 bridgehead atoms. The van der Waals surface area contributed by atoms with Gasteiger partial charge in [0.25, 0.3) is 0 Å². The number of rotatable bonds is 1. The van der Waals surface area contributed by atoms with Crippen molar-refractivity contribution in [2.45, 2.75) is 20.3 Å². The van der Waals surface area contributed by atoms with Crippen LogP contribution in [-0.2, 0) is 9.59 Å². The fourth-order valence-electron chi connectivity index (χ4n) is 1.77. The first kappa shape index (κ1) is 11.3. The lowest BCUT2D eigenvalue weighted by Crippen LogP contribution is -2.53. The summed E-state index contributed by atoms with van der Waals surface area (Å²) in [7, 11) is 0. The van der Waals surface area contributed by atoms with Crippen LogP contribution in [0.4, 0.5) is 10.5 Å². The minimum atomic E-state index is -0.681. The second kappa shape index (κ2) is 4.01.